The van der Waals surface area contributed by atoms with Crippen LogP contribution in [0.5, 0.6) is 0 Å². The number of aliphatic hydroxyl groups excluding tert-OH is 1. The first-order valence-electron chi connectivity index (χ1n) is 42.4. The van der Waals surface area contributed by atoms with E-state index in [4.69, 9.17) is 37.0 Å². The van der Waals surface area contributed by atoms with E-state index < -0.39 is 97.5 Å². The highest BCUT2D eigenvalue weighted by molar-refractivity contribution is 7.47. The molecular formula is C89H152O17P2. The fraction of sp³-hybridized carbons (Fsp3) is 0.708. The lowest BCUT2D eigenvalue weighted by molar-refractivity contribution is -0.161. The molecule has 0 aromatic carbocycles. The lowest BCUT2D eigenvalue weighted by Gasteiger charge is -2.21. The number of unbranched alkanes of at least 4 members (excludes halogenated alkanes) is 31. The minimum absolute atomic E-state index is 0.0736. The maximum Gasteiger partial charge on any atom is 0.472 e. The first kappa shape index (κ1) is 103. The third kappa shape index (κ3) is 79.3. The zero-order chi connectivity index (χ0) is 78.9. The summed E-state index contributed by atoms with van der Waals surface area (Å²) in [4.78, 5) is 73.2. The smallest absolute Gasteiger partial charge is 0.462 e. The summed E-state index contributed by atoms with van der Waals surface area (Å²) in [6.45, 7) is 4.59. The standard InChI is InChI=1S/C89H152O17P2/c1-5-9-13-17-21-25-29-33-37-39-41-43-47-50-54-58-62-66-70-74-87(92)100-80-85(106-89(94)76-72-68-64-60-56-52-48-44-42-40-38-34-30-26-22-18-14-10-6-2)82-104-108(97,98)102-78-83(90)77-101-107(95,96)103-81-84(105-88(93)75-71-67-63-59-55-51-46-36-32-28-24-20-16-12-8-4)79-99-86(91)73-69-65-61-57-53-49-45-35-31-27-23-19-15-11-7-3/h9,11,13,15,21-23,25-27,33-35,37-38,41-45,53,57,83-85,90H,5-8,10,12,14,16-20,24,28-32,36,39-40,46-52,54-56,58-82H2,1-4H3,(H,95,96)(H,97,98)/b13-9-,15-11-,25-21-,26-22-,27-23-,37-33-,38-34-,43-41-,44-42-,45-35-,57-53-. The molecule has 0 aliphatic rings. The van der Waals surface area contributed by atoms with Gasteiger partial charge in [0.05, 0.1) is 26.4 Å². The summed E-state index contributed by atoms with van der Waals surface area (Å²) in [6, 6.07) is 0. The maximum absolute atomic E-state index is 13.1. The Morgan fingerprint density at radius 2 is 0.481 bits per heavy atom. The highest BCUT2D eigenvalue weighted by Gasteiger charge is 2.30. The summed E-state index contributed by atoms with van der Waals surface area (Å²) in [6.07, 6.45) is 91.3. The van der Waals surface area contributed by atoms with Crippen molar-refractivity contribution in [2.24, 2.45) is 0 Å². The number of phosphoric acid groups is 2. The number of carbonyl (C=O) groups is 4. The van der Waals surface area contributed by atoms with Crippen LogP contribution in [-0.4, -0.2) is 96.7 Å². The Bertz CT molecular complexity index is 2560. The molecule has 0 fully saturated rings. The van der Waals surface area contributed by atoms with Gasteiger partial charge in [-0.1, -0.05) is 315 Å². The van der Waals surface area contributed by atoms with E-state index in [1.54, 1.807) is 0 Å². The molecule has 5 unspecified atom stereocenters. The summed E-state index contributed by atoms with van der Waals surface area (Å²) in [5, 5.41) is 10.7. The normalized spacial score (nSPS) is 14.5. The van der Waals surface area contributed by atoms with E-state index in [1.165, 1.54) is 83.5 Å². The molecule has 620 valence electrons. The quantitative estimate of drug-likeness (QED) is 0.0169. The summed E-state index contributed by atoms with van der Waals surface area (Å²) in [7, 11) is -9.99. The van der Waals surface area contributed by atoms with Crippen LogP contribution in [0.25, 0.3) is 0 Å². The average molecular weight is 1560 g/mol. The van der Waals surface area contributed by atoms with Gasteiger partial charge in [-0.3, -0.25) is 37.3 Å². The topological polar surface area (TPSA) is 237 Å². The third-order valence-electron chi connectivity index (χ3n) is 17.6. The predicted molar refractivity (Wildman–Crippen MR) is 445 cm³/mol. The number of rotatable bonds is 79. The number of allylic oxidation sites excluding steroid dienone is 22. The van der Waals surface area contributed by atoms with Gasteiger partial charge in [-0.05, 0) is 141 Å². The van der Waals surface area contributed by atoms with E-state index in [2.05, 4.69) is 161 Å². The van der Waals surface area contributed by atoms with E-state index in [0.29, 0.717) is 25.7 Å². The van der Waals surface area contributed by atoms with Crippen LogP contribution in [0.4, 0.5) is 0 Å². The van der Waals surface area contributed by atoms with E-state index in [-0.39, 0.29) is 25.7 Å². The van der Waals surface area contributed by atoms with Crippen molar-refractivity contribution in [1.82, 2.24) is 0 Å². The molecule has 0 amide bonds. The van der Waals surface area contributed by atoms with Gasteiger partial charge in [0.2, 0.25) is 0 Å². The van der Waals surface area contributed by atoms with Crippen molar-refractivity contribution in [3.05, 3.63) is 134 Å². The van der Waals surface area contributed by atoms with Crippen molar-refractivity contribution >= 4 is 39.5 Å². The molecule has 5 atom stereocenters. The lowest BCUT2D eigenvalue weighted by Crippen LogP contribution is -2.30. The molecule has 3 N–H and O–H groups in total. The van der Waals surface area contributed by atoms with Crippen LogP contribution in [0.1, 0.15) is 349 Å². The van der Waals surface area contributed by atoms with Gasteiger partial charge in [-0.25, -0.2) is 9.13 Å². The molecule has 0 aromatic rings. The molecule has 0 saturated carbocycles. The van der Waals surface area contributed by atoms with Crippen molar-refractivity contribution in [2.45, 2.75) is 367 Å². The zero-order valence-electron chi connectivity index (χ0n) is 68.0. The minimum Gasteiger partial charge on any atom is -0.462 e. The van der Waals surface area contributed by atoms with Crippen LogP contribution in [-0.2, 0) is 65.4 Å². The number of hydrogen-bond acceptors (Lipinski definition) is 15. The van der Waals surface area contributed by atoms with Gasteiger partial charge in [0.25, 0.3) is 0 Å². The molecule has 0 aliphatic carbocycles. The van der Waals surface area contributed by atoms with Crippen LogP contribution >= 0.6 is 15.6 Å². The van der Waals surface area contributed by atoms with E-state index in [0.717, 1.165) is 186 Å². The Balaban J connectivity index is 5.42. The lowest BCUT2D eigenvalue weighted by atomic mass is 10.0. The number of aliphatic hydroxyl groups is 1. The van der Waals surface area contributed by atoms with E-state index >= 15 is 0 Å². The minimum atomic E-state index is -4.99. The zero-order valence-corrected chi connectivity index (χ0v) is 69.8. The van der Waals surface area contributed by atoms with Gasteiger partial charge >= 0.3 is 39.5 Å². The van der Waals surface area contributed by atoms with Gasteiger partial charge < -0.3 is 33.8 Å². The number of carbonyl (C=O) groups excluding carboxylic acids is 4. The summed E-state index contributed by atoms with van der Waals surface area (Å²) in [5.74, 6) is -2.24. The van der Waals surface area contributed by atoms with Crippen molar-refractivity contribution in [1.29, 1.82) is 0 Å². The molecule has 0 aliphatic heterocycles. The highest BCUT2D eigenvalue weighted by atomic mass is 31.2. The Morgan fingerprint density at radius 3 is 0.778 bits per heavy atom. The van der Waals surface area contributed by atoms with Crippen LogP contribution in [0.3, 0.4) is 0 Å². The second-order valence-corrected chi connectivity index (χ2v) is 30.9. The summed E-state index contributed by atoms with van der Waals surface area (Å²) >= 11 is 0. The fourth-order valence-electron chi connectivity index (χ4n) is 11.2. The second kappa shape index (κ2) is 80.3. The van der Waals surface area contributed by atoms with Gasteiger partial charge in [-0.15, -0.1) is 0 Å². The van der Waals surface area contributed by atoms with Crippen molar-refractivity contribution < 1.29 is 80.2 Å². The largest absolute Gasteiger partial charge is 0.472 e. The summed E-state index contributed by atoms with van der Waals surface area (Å²) < 4.78 is 68.8. The van der Waals surface area contributed by atoms with Gasteiger partial charge in [0, 0.05) is 25.7 Å². The molecule has 17 nitrogen and oxygen atoms in total. The molecule has 0 bridgehead atoms. The highest BCUT2D eigenvalue weighted by Crippen LogP contribution is 2.45. The Hall–Kier alpha value is -4.80. The number of phosphoric ester groups is 2. The van der Waals surface area contributed by atoms with E-state index in [1.807, 2.05) is 0 Å². The molecule has 108 heavy (non-hydrogen) atoms. The van der Waals surface area contributed by atoms with Crippen LogP contribution in [0.15, 0.2) is 134 Å². The van der Waals surface area contributed by atoms with Gasteiger partial charge in [0.1, 0.15) is 19.3 Å². The molecule has 0 rings (SSSR count). The number of esters is 4. The second-order valence-electron chi connectivity index (χ2n) is 28.0. The Morgan fingerprint density at radius 1 is 0.269 bits per heavy atom. The first-order valence-corrected chi connectivity index (χ1v) is 45.4. The predicted octanol–water partition coefficient (Wildman–Crippen LogP) is 25.2. The molecule has 0 aromatic heterocycles. The van der Waals surface area contributed by atoms with Crippen molar-refractivity contribution in [2.75, 3.05) is 39.6 Å². The molecular weight excluding hydrogens is 1400 g/mol. The number of ether oxygens (including phenoxy) is 4. The number of hydrogen-bond donors (Lipinski definition) is 3. The molecule has 19 heteroatoms. The van der Waals surface area contributed by atoms with E-state index in [9.17, 15) is 43.2 Å². The third-order valence-corrected chi connectivity index (χ3v) is 19.5. The van der Waals surface area contributed by atoms with Crippen molar-refractivity contribution in [3.63, 3.8) is 0 Å². The Labute approximate surface area is 656 Å². The fourth-order valence-corrected chi connectivity index (χ4v) is 12.8. The monoisotopic (exact) mass is 1560 g/mol. The SMILES string of the molecule is CC/C=C\C/C=C\C/C=C\C/C=C\CCCCCCCCC(=O)OCC(COP(=O)(O)OCC(O)COP(=O)(O)OCC(COC(=O)CCCC/C=C\C/C=C\C/C=C\C/C=C\CC)OC(=O)CCCCCCCCCCCCCCCCC)OC(=O)CCCCCCCC/C=C\C/C=C\C/C=C\CCCCC. The van der Waals surface area contributed by atoms with Crippen LogP contribution in [0, 0.1) is 0 Å². The molecule has 0 heterocycles. The van der Waals surface area contributed by atoms with Crippen LogP contribution < -0.4 is 0 Å². The van der Waals surface area contributed by atoms with Gasteiger partial charge in [0.15, 0.2) is 12.2 Å². The molecule has 0 saturated heterocycles. The van der Waals surface area contributed by atoms with Crippen molar-refractivity contribution in [3.8, 4) is 0 Å². The molecule has 0 radical (unpaired) electrons. The average Bonchev–Trinajstić information content (AvgIpc) is 0.896. The Kier molecular flexibility index (Phi) is 76.7. The first-order chi connectivity index (χ1) is 52.7. The maximum atomic E-state index is 13.1. The molecule has 0 spiro atoms. The van der Waals surface area contributed by atoms with Gasteiger partial charge in [-0.2, -0.15) is 0 Å². The summed E-state index contributed by atoms with van der Waals surface area (Å²) in [5.41, 5.74) is 0. The van der Waals surface area contributed by atoms with Crippen LogP contribution in [0.2, 0.25) is 0 Å².